The second-order valence-electron chi connectivity index (χ2n) is 8.83. The first-order valence-corrected chi connectivity index (χ1v) is 11.9. The smallest absolute Gasteiger partial charge is 0.338 e. The Morgan fingerprint density at radius 3 is 2.03 bits per heavy atom. The second kappa shape index (κ2) is 8.86. The molecule has 5 aromatic rings. The van der Waals surface area contributed by atoms with Crippen LogP contribution in [0.15, 0.2) is 121 Å². The van der Waals surface area contributed by atoms with Crippen molar-refractivity contribution in [2.45, 2.75) is 5.60 Å². The van der Waals surface area contributed by atoms with E-state index in [0.29, 0.717) is 5.56 Å². The van der Waals surface area contributed by atoms with Crippen LogP contribution < -0.4 is 4.74 Å². The van der Waals surface area contributed by atoms with Crippen LogP contribution in [0.2, 0.25) is 0 Å². The maximum Gasteiger partial charge on any atom is 0.338 e. The molecule has 0 unspecified atom stereocenters. The first-order valence-electron chi connectivity index (χ1n) is 11.9. The Labute approximate surface area is 210 Å². The van der Waals surface area contributed by atoms with Gasteiger partial charge in [-0.05, 0) is 40.8 Å². The van der Waals surface area contributed by atoms with Gasteiger partial charge in [-0.25, -0.2) is 4.79 Å². The summed E-state index contributed by atoms with van der Waals surface area (Å²) >= 11 is 0. The number of ether oxygens (including phenoxy) is 2. The summed E-state index contributed by atoms with van der Waals surface area (Å²) in [5, 5.41) is 2.06. The SMILES string of the molecule is COC(=O)c1ccccc1-c1cc2ccccc2c2c1C=CC(c1ccccc1)(c1ccccc1)O2. The van der Waals surface area contributed by atoms with Gasteiger partial charge in [-0.2, -0.15) is 0 Å². The van der Waals surface area contributed by atoms with Gasteiger partial charge < -0.3 is 9.47 Å². The Balaban J connectivity index is 1.65. The van der Waals surface area contributed by atoms with Crippen LogP contribution in [0.5, 0.6) is 5.75 Å². The number of fused-ring (bicyclic) bond motifs is 3. The van der Waals surface area contributed by atoms with E-state index in [1.54, 1.807) is 6.07 Å². The second-order valence-corrected chi connectivity index (χ2v) is 8.83. The van der Waals surface area contributed by atoms with Gasteiger partial charge in [-0.3, -0.25) is 0 Å². The predicted molar refractivity (Wildman–Crippen MR) is 144 cm³/mol. The first kappa shape index (κ1) is 21.9. The lowest BCUT2D eigenvalue weighted by molar-refractivity contribution is 0.0601. The Kier molecular flexibility index (Phi) is 5.38. The Morgan fingerprint density at radius 2 is 1.33 bits per heavy atom. The lowest BCUT2D eigenvalue weighted by Gasteiger charge is -2.37. The molecular weight excluding hydrogens is 444 g/mol. The van der Waals surface area contributed by atoms with Gasteiger partial charge in [-0.15, -0.1) is 0 Å². The molecule has 0 aromatic heterocycles. The standard InChI is InChI=1S/C33H24O3/c1-35-32(34)29-19-11-10-18-27(29)30-22-23-12-8-9-17-26(23)31-28(30)20-21-33(36-31,24-13-4-2-5-14-24)25-15-6-3-7-16-25/h2-22H,1H3. The van der Waals surface area contributed by atoms with Crippen molar-refractivity contribution in [1.82, 2.24) is 0 Å². The van der Waals surface area contributed by atoms with Crippen LogP contribution in [0.4, 0.5) is 0 Å². The third-order valence-corrected chi connectivity index (χ3v) is 6.82. The van der Waals surface area contributed by atoms with Gasteiger partial charge in [0.05, 0.1) is 12.7 Å². The summed E-state index contributed by atoms with van der Waals surface area (Å²) in [6.07, 6.45) is 4.26. The molecule has 3 heteroatoms. The lowest BCUT2D eigenvalue weighted by Crippen LogP contribution is -2.34. The van der Waals surface area contributed by atoms with E-state index in [1.807, 2.05) is 66.7 Å². The van der Waals surface area contributed by atoms with Crippen molar-refractivity contribution in [3.63, 3.8) is 0 Å². The summed E-state index contributed by atoms with van der Waals surface area (Å²) in [5.74, 6) is 0.425. The van der Waals surface area contributed by atoms with E-state index in [2.05, 4.69) is 54.6 Å². The molecule has 0 amide bonds. The third kappa shape index (κ3) is 3.48. The van der Waals surface area contributed by atoms with Crippen LogP contribution in [0, 0.1) is 0 Å². The number of methoxy groups -OCH3 is 1. The molecule has 0 radical (unpaired) electrons. The number of hydrogen-bond acceptors (Lipinski definition) is 3. The molecule has 5 aromatic carbocycles. The van der Waals surface area contributed by atoms with Crippen LogP contribution in [-0.2, 0) is 10.3 Å². The number of rotatable bonds is 4. The zero-order chi connectivity index (χ0) is 24.5. The molecule has 174 valence electrons. The van der Waals surface area contributed by atoms with Gasteiger partial charge in [0.15, 0.2) is 5.60 Å². The highest BCUT2D eigenvalue weighted by Crippen LogP contribution is 2.48. The average molecular weight is 469 g/mol. The van der Waals surface area contributed by atoms with Crippen molar-refractivity contribution in [2.75, 3.05) is 7.11 Å². The number of esters is 1. The summed E-state index contributed by atoms with van der Waals surface area (Å²) in [6.45, 7) is 0. The molecule has 1 aliphatic heterocycles. The van der Waals surface area contributed by atoms with Crippen molar-refractivity contribution >= 4 is 22.8 Å². The van der Waals surface area contributed by atoms with Crippen LogP contribution in [0.25, 0.3) is 28.0 Å². The normalized spacial score (nSPS) is 13.6. The molecule has 0 N–H and O–H groups in total. The van der Waals surface area contributed by atoms with Crippen molar-refractivity contribution in [3.05, 3.63) is 144 Å². The molecule has 0 fully saturated rings. The summed E-state index contributed by atoms with van der Waals surface area (Å²) in [5.41, 5.74) is 4.49. The van der Waals surface area contributed by atoms with Crippen LogP contribution in [-0.4, -0.2) is 13.1 Å². The summed E-state index contributed by atoms with van der Waals surface area (Å²) in [7, 11) is 1.41. The highest BCUT2D eigenvalue weighted by molar-refractivity contribution is 6.04. The predicted octanol–water partition coefficient (Wildman–Crippen LogP) is 7.64. The van der Waals surface area contributed by atoms with Gasteiger partial charge >= 0.3 is 5.97 Å². The van der Waals surface area contributed by atoms with E-state index >= 15 is 0 Å². The fourth-order valence-electron chi connectivity index (χ4n) is 5.08. The Morgan fingerprint density at radius 1 is 0.722 bits per heavy atom. The minimum absolute atomic E-state index is 0.365. The van der Waals surface area contributed by atoms with E-state index in [-0.39, 0.29) is 5.97 Å². The molecular formula is C33H24O3. The molecule has 3 nitrogen and oxygen atoms in total. The Hall–Kier alpha value is -4.63. The Bertz CT molecular complexity index is 1560. The molecule has 36 heavy (non-hydrogen) atoms. The maximum absolute atomic E-state index is 12.6. The fourth-order valence-corrected chi connectivity index (χ4v) is 5.08. The van der Waals surface area contributed by atoms with E-state index < -0.39 is 5.60 Å². The molecule has 0 saturated heterocycles. The van der Waals surface area contributed by atoms with Crippen molar-refractivity contribution < 1.29 is 14.3 Å². The van der Waals surface area contributed by atoms with E-state index in [9.17, 15) is 4.79 Å². The van der Waals surface area contributed by atoms with Crippen molar-refractivity contribution in [1.29, 1.82) is 0 Å². The average Bonchev–Trinajstić information content (AvgIpc) is 2.97. The van der Waals surface area contributed by atoms with Crippen molar-refractivity contribution in [2.24, 2.45) is 0 Å². The van der Waals surface area contributed by atoms with Gasteiger partial charge in [0.1, 0.15) is 5.75 Å². The zero-order valence-electron chi connectivity index (χ0n) is 19.8. The minimum atomic E-state index is -0.793. The first-order chi connectivity index (χ1) is 17.7. The van der Waals surface area contributed by atoms with Crippen LogP contribution in [0.3, 0.4) is 0 Å². The number of hydrogen-bond donors (Lipinski definition) is 0. The van der Waals surface area contributed by atoms with Gasteiger partial charge in [-0.1, -0.05) is 103 Å². The van der Waals surface area contributed by atoms with Gasteiger partial charge in [0.25, 0.3) is 0 Å². The summed E-state index contributed by atoms with van der Waals surface area (Å²) in [6, 6.07) is 38.5. The monoisotopic (exact) mass is 468 g/mol. The topological polar surface area (TPSA) is 35.5 Å². The van der Waals surface area contributed by atoms with Crippen molar-refractivity contribution in [3.8, 4) is 16.9 Å². The highest BCUT2D eigenvalue weighted by Gasteiger charge is 2.38. The molecule has 1 aliphatic rings. The summed E-state index contributed by atoms with van der Waals surface area (Å²) < 4.78 is 12.2. The zero-order valence-corrected chi connectivity index (χ0v) is 19.8. The fraction of sp³-hybridized carbons (Fsp3) is 0.0606. The largest absolute Gasteiger partial charge is 0.472 e. The van der Waals surface area contributed by atoms with Gasteiger partial charge in [0.2, 0.25) is 0 Å². The van der Waals surface area contributed by atoms with Gasteiger partial charge in [0, 0.05) is 22.1 Å². The molecule has 0 atom stereocenters. The number of carbonyl (C=O) groups is 1. The summed E-state index contributed by atoms with van der Waals surface area (Å²) in [4.78, 5) is 12.6. The lowest BCUT2D eigenvalue weighted by atomic mass is 9.82. The molecule has 6 rings (SSSR count). The van der Waals surface area contributed by atoms with E-state index in [4.69, 9.17) is 9.47 Å². The molecule has 0 saturated carbocycles. The maximum atomic E-state index is 12.6. The van der Waals surface area contributed by atoms with Crippen LogP contribution in [0.1, 0.15) is 27.0 Å². The third-order valence-electron chi connectivity index (χ3n) is 6.82. The minimum Gasteiger partial charge on any atom is -0.472 e. The molecule has 0 aliphatic carbocycles. The van der Waals surface area contributed by atoms with E-state index in [1.165, 1.54) is 7.11 Å². The molecule has 0 bridgehead atoms. The molecule has 1 heterocycles. The molecule has 0 spiro atoms. The van der Waals surface area contributed by atoms with E-state index in [0.717, 1.165) is 44.3 Å². The number of benzene rings is 5. The quantitative estimate of drug-likeness (QED) is 0.254. The highest BCUT2D eigenvalue weighted by atomic mass is 16.5. The van der Waals surface area contributed by atoms with Crippen LogP contribution >= 0.6 is 0 Å². The number of carbonyl (C=O) groups excluding carboxylic acids is 1.